The number of hydrogen-bond donors (Lipinski definition) is 1. The van der Waals surface area contributed by atoms with E-state index in [9.17, 15) is 13.2 Å². The Labute approximate surface area is 113 Å². The van der Waals surface area contributed by atoms with Crippen LogP contribution >= 0.6 is 0 Å². The summed E-state index contributed by atoms with van der Waals surface area (Å²) in [5, 5.41) is 18.2. The van der Waals surface area contributed by atoms with E-state index in [1.54, 1.807) is 36.4 Å². The summed E-state index contributed by atoms with van der Waals surface area (Å²) in [7, 11) is 0. The molecule has 0 aliphatic rings. The van der Waals surface area contributed by atoms with Crippen LogP contribution in [0.15, 0.2) is 42.5 Å². The number of nitrogens with zero attached hydrogens (tertiary/aromatic N) is 1. The number of aliphatic hydroxyl groups excluding tert-OH is 1. The normalized spacial score (nSPS) is 11.2. The highest BCUT2D eigenvalue weighted by molar-refractivity contribution is 5.73. The average molecular weight is 277 g/mol. The molecule has 2 nitrogen and oxygen atoms in total. The molecule has 0 saturated carbocycles. The van der Waals surface area contributed by atoms with E-state index in [2.05, 4.69) is 0 Å². The van der Waals surface area contributed by atoms with Crippen molar-refractivity contribution in [1.82, 2.24) is 0 Å². The Balaban J connectivity index is 2.77. The topological polar surface area (TPSA) is 44.0 Å². The number of hydrogen-bond acceptors (Lipinski definition) is 2. The van der Waals surface area contributed by atoms with Crippen LogP contribution in [0.4, 0.5) is 13.2 Å². The molecule has 0 atom stereocenters. The van der Waals surface area contributed by atoms with Crippen LogP contribution in [0, 0.1) is 11.3 Å². The van der Waals surface area contributed by atoms with Gasteiger partial charge in [0.25, 0.3) is 0 Å². The smallest absolute Gasteiger partial charge is 0.392 e. The Bertz CT molecular complexity index is 657. The molecule has 0 unspecified atom stereocenters. The Kier molecular flexibility index (Phi) is 3.77. The van der Waals surface area contributed by atoms with Gasteiger partial charge in [0.1, 0.15) is 6.07 Å². The molecule has 102 valence electrons. The van der Waals surface area contributed by atoms with E-state index < -0.39 is 23.9 Å². The van der Waals surface area contributed by atoms with Gasteiger partial charge >= 0.3 is 6.18 Å². The lowest BCUT2D eigenvalue weighted by molar-refractivity contribution is -0.138. The maximum absolute atomic E-state index is 13.1. The minimum atomic E-state index is -4.69. The van der Waals surface area contributed by atoms with Crippen molar-refractivity contribution < 1.29 is 18.3 Å². The van der Waals surface area contributed by atoms with Gasteiger partial charge in [-0.05, 0) is 11.1 Å². The lowest BCUT2D eigenvalue weighted by Gasteiger charge is -2.16. The van der Waals surface area contributed by atoms with Crippen molar-refractivity contribution in [3.8, 4) is 17.2 Å². The number of aliphatic hydroxyl groups is 1. The molecule has 0 saturated heterocycles. The third kappa shape index (κ3) is 2.51. The average Bonchev–Trinajstić information content (AvgIpc) is 2.45. The van der Waals surface area contributed by atoms with Crippen LogP contribution in [0.5, 0.6) is 0 Å². The second kappa shape index (κ2) is 5.35. The highest BCUT2D eigenvalue weighted by atomic mass is 19.4. The van der Waals surface area contributed by atoms with E-state index >= 15 is 0 Å². The summed E-state index contributed by atoms with van der Waals surface area (Å²) in [6.07, 6.45) is -4.69. The quantitative estimate of drug-likeness (QED) is 0.908. The Hall–Kier alpha value is -2.32. The first-order valence-electron chi connectivity index (χ1n) is 5.78. The van der Waals surface area contributed by atoms with Crippen LogP contribution in [0.2, 0.25) is 0 Å². The molecule has 0 spiro atoms. The number of alkyl halides is 3. The zero-order chi connectivity index (χ0) is 14.8. The summed E-state index contributed by atoms with van der Waals surface area (Å²) in [6, 6.07) is 12.6. The fourth-order valence-electron chi connectivity index (χ4n) is 2.08. The lowest BCUT2D eigenvalue weighted by Crippen LogP contribution is -2.13. The third-order valence-electron chi connectivity index (χ3n) is 2.94. The van der Waals surface area contributed by atoms with Crippen LogP contribution in [-0.4, -0.2) is 5.11 Å². The molecule has 0 radical (unpaired) electrons. The number of halogens is 3. The third-order valence-corrected chi connectivity index (χ3v) is 2.94. The van der Waals surface area contributed by atoms with Crippen molar-refractivity contribution in [3.05, 3.63) is 59.2 Å². The lowest BCUT2D eigenvalue weighted by atomic mass is 9.92. The minimum absolute atomic E-state index is 0.206. The van der Waals surface area contributed by atoms with Crippen LogP contribution in [0.1, 0.15) is 16.7 Å². The molecule has 0 heterocycles. The largest absolute Gasteiger partial charge is 0.418 e. The molecule has 2 aromatic rings. The first kappa shape index (κ1) is 14.1. The monoisotopic (exact) mass is 277 g/mol. The Morgan fingerprint density at radius 2 is 1.70 bits per heavy atom. The van der Waals surface area contributed by atoms with E-state index in [0.717, 1.165) is 0 Å². The molecule has 2 aromatic carbocycles. The predicted octanol–water partition coefficient (Wildman–Crippen LogP) is 3.74. The van der Waals surface area contributed by atoms with Crippen LogP contribution in [0.3, 0.4) is 0 Å². The van der Waals surface area contributed by atoms with Gasteiger partial charge in [-0.3, -0.25) is 0 Å². The maximum Gasteiger partial charge on any atom is 0.418 e. The maximum atomic E-state index is 13.1. The molecule has 0 aliphatic heterocycles. The van der Waals surface area contributed by atoms with Gasteiger partial charge in [-0.2, -0.15) is 18.4 Å². The van der Waals surface area contributed by atoms with E-state index in [1.165, 1.54) is 12.1 Å². The SMILES string of the molecule is N#Cc1c(-c2ccccc2)ccc(CO)c1C(F)(F)F. The molecule has 0 aliphatic carbocycles. The van der Waals surface area contributed by atoms with Gasteiger partial charge < -0.3 is 5.11 Å². The predicted molar refractivity (Wildman–Crippen MR) is 67.5 cm³/mol. The molecule has 2 rings (SSSR count). The van der Waals surface area contributed by atoms with E-state index in [0.29, 0.717) is 5.56 Å². The van der Waals surface area contributed by atoms with Gasteiger partial charge in [0, 0.05) is 5.56 Å². The summed E-state index contributed by atoms with van der Waals surface area (Å²) in [5.74, 6) is 0. The number of nitriles is 1. The number of rotatable bonds is 2. The molecule has 1 N–H and O–H groups in total. The van der Waals surface area contributed by atoms with Crippen LogP contribution < -0.4 is 0 Å². The van der Waals surface area contributed by atoms with Crippen LogP contribution in [0.25, 0.3) is 11.1 Å². The summed E-state index contributed by atoms with van der Waals surface area (Å²) >= 11 is 0. The van der Waals surface area contributed by atoms with E-state index in [-0.39, 0.29) is 11.1 Å². The summed E-state index contributed by atoms with van der Waals surface area (Å²) in [5.41, 5.74) is -1.09. The van der Waals surface area contributed by atoms with Gasteiger partial charge in [0.05, 0.1) is 17.7 Å². The second-order valence-electron chi connectivity index (χ2n) is 4.16. The van der Waals surface area contributed by atoms with Crippen molar-refractivity contribution in [2.24, 2.45) is 0 Å². The molecule has 0 fully saturated rings. The molecular formula is C15H10F3NO. The molecule has 0 amide bonds. The van der Waals surface area contributed by atoms with Gasteiger partial charge in [0.2, 0.25) is 0 Å². The highest BCUT2D eigenvalue weighted by Crippen LogP contribution is 2.38. The molecular weight excluding hydrogens is 267 g/mol. The van der Waals surface area contributed by atoms with E-state index in [4.69, 9.17) is 10.4 Å². The van der Waals surface area contributed by atoms with Gasteiger partial charge in [-0.15, -0.1) is 0 Å². The van der Waals surface area contributed by atoms with Crippen LogP contribution in [-0.2, 0) is 12.8 Å². The Morgan fingerprint density at radius 3 is 2.20 bits per heavy atom. The fraction of sp³-hybridized carbons (Fsp3) is 0.133. The first-order valence-corrected chi connectivity index (χ1v) is 5.78. The fourth-order valence-corrected chi connectivity index (χ4v) is 2.08. The van der Waals surface area contributed by atoms with Crippen molar-refractivity contribution in [2.45, 2.75) is 12.8 Å². The summed E-state index contributed by atoms with van der Waals surface area (Å²) in [6.45, 7) is -0.765. The van der Waals surface area contributed by atoms with Crippen molar-refractivity contribution >= 4 is 0 Å². The van der Waals surface area contributed by atoms with Gasteiger partial charge in [0.15, 0.2) is 0 Å². The van der Waals surface area contributed by atoms with Crippen molar-refractivity contribution in [1.29, 1.82) is 5.26 Å². The highest BCUT2D eigenvalue weighted by Gasteiger charge is 2.37. The standard InChI is InChI=1S/C15H10F3NO/c16-15(17,18)14-11(9-20)6-7-12(13(14)8-19)10-4-2-1-3-5-10/h1-7,20H,9H2. The van der Waals surface area contributed by atoms with Crippen molar-refractivity contribution in [2.75, 3.05) is 0 Å². The zero-order valence-electron chi connectivity index (χ0n) is 10.3. The Morgan fingerprint density at radius 1 is 1.05 bits per heavy atom. The van der Waals surface area contributed by atoms with Gasteiger partial charge in [-0.1, -0.05) is 42.5 Å². The minimum Gasteiger partial charge on any atom is -0.392 e. The van der Waals surface area contributed by atoms with Crippen molar-refractivity contribution in [3.63, 3.8) is 0 Å². The second-order valence-corrected chi connectivity index (χ2v) is 4.16. The zero-order valence-corrected chi connectivity index (χ0v) is 10.3. The first-order chi connectivity index (χ1) is 9.49. The number of benzene rings is 2. The molecule has 0 aromatic heterocycles. The summed E-state index contributed by atoms with van der Waals surface area (Å²) < 4.78 is 39.3. The molecule has 20 heavy (non-hydrogen) atoms. The van der Waals surface area contributed by atoms with E-state index in [1.807, 2.05) is 0 Å². The molecule has 0 bridgehead atoms. The summed E-state index contributed by atoms with van der Waals surface area (Å²) in [4.78, 5) is 0. The molecule has 5 heteroatoms. The van der Waals surface area contributed by atoms with Gasteiger partial charge in [-0.25, -0.2) is 0 Å².